The molecule has 1 aromatic heterocycles. The highest BCUT2D eigenvalue weighted by Crippen LogP contribution is 2.43. The van der Waals surface area contributed by atoms with Gasteiger partial charge >= 0.3 is 0 Å². The Morgan fingerprint density at radius 3 is 2.65 bits per heavy atom. The van der Waals surface area contributed by atoms with Gasteiger partial charge < -0.3 is 9.88 Å². The van der Waals surface area contributed by atoms with E-state index >= 15 is 0 Å². The van der Waals surface area contributed by atoms with Crippen LogP contribution < -0.4 is 0 Å². The Kier molecular flexibility index (Phi) is 3.21. The topological polar surface area (TPSA) is 39.3 Å². The Morgan fingerprint density at radius 1 is 1.15 bits per heavy atom. The molecule has 3 heterocycles. The summed E-state index contributed by atoms with van der Waals surface area (Å²) < 4.78 is 13.5. The molecule has 2 atom stereocenters. The highest BCUT2D eigenvalue weighted by Gasteiger charge is 2.49. The molecule has 2 aliphatic heterocycles. The number of hydrogen-bond acceptors (Lipinski definition) is 2. The predicted molar refractivity (Wildman–Crippen MR) is 101 cm³/mol. The third-order valence-electron chi connectivity index (χ3n) is 5.44. The molecule has 0 spiro atoms. The number of likely N-dealkylation sites (N-methyl/N-ethyl adjacent to an activating group) is 1. The van der Waals surface area contributed by atoms with E-state index in [0.29, 0.717) is 11.5 Å². The number of amides is 1. The normalized spacial score (nSPS) is 22.1. The minimum Gasteiger partial charge on any atom is -0.356 e. The van der Waals surface area contributed by atoms with Crippen LogP contribution in [0.4, 0.5) is 4.39 Å². The number of halogens is 1. The van der Waals surface area contributed by atoms with Gasteiger partial charge in [0.15, 0.2) is 5.11 Å². The van der Waals surface area contributed by atoms with Gasteiger partial charge in [-0.15, -0.1) is 0 Å². The van der Waals surface area contributed by atoms with E-state index in [1.165, 1.54) is 12.1 Å². The largest absolute Gasteiger partial charge is 0.356 e. The summed E-state index contributed by atoms with van der Waals surface area (Å²) in [4.78, 5) is 19.8. The van der Waals surface area contributed by atoms with Crippen molar-refractivity contribution in [3.63, 3.8) is 0 Å². The average molecular weight is 365 g/mol. The molecule has 0 radical (unpaired) electrons. The van der Waals surface area contributed by atoms with Gasteiger partial charge in [0.05, 0.1) is 6.04 Å². The van der Waals surface area contributed by atoms with Gasteiger partial charge in [0.25, 0.3) is 5.91 Å². The summed E-state index contributed by atoms with van der Waals surface area (Å²) in [6.07, 6.45) is 0.611. The van der Waals surface area contributed by atoms with Crippen molar-refractivity contribution >= 4 is 34.1 Å². The predicted octanol–water partition coefficient (Wildman–Crippen LogP) is 3.38. The fourth-order valence-electron chi connectivity index (χ4n) is 4.20. The molecule has 0 saturated carbocycles. The lowest BCUT2D eigenvalue weighted by Gasteiger charge is -2.37. The van der Waals surface area contributed by atoms with Gasteiger partial charge in [-0.1, -0.05) is 30.3 Å². The molecule has 2 aliphatic rings. The second-order valence-electron chi connectivity index (χ2n) is 6.82. The summed E-state index contributed by atoms with van der Waals surface area (Å²) in [5.74, 6) is -0.270. The van der Waals surface area contributed by atoms with E-state index in [4.69, 9.17) is 12.2 Å². The van der Waals surface area contributed by atoms with Gasteiger partial charge in [0.2, 0.25) is 0 Å². The smallest absolute Gasteiger partial charge is 0.251 e. The maximum absolute atomic E-state index is 13.5. The lowest BCUT2D eigenvalue weighted by Crippen LogP contribution is -2.44. The summed E-state index contributed by atoms with van der Waals surface area (Å²) in [6, 6.07) is 14.0. The Labute approximate surface area is 155 Å². The van der Waals surface area contributed by atoms with Crippen LogP contribution in [0.2, 0.25) is 0 Å². The summed E-state index contributed by atoms with van der Waals surface area (Å²) in [6.45, 7) is 0. The van der Waals surface area contributed by atoms with Crippen LogP contribution in [0.25, 0.3) is 10.9 Å². The highest BCUT2D eigenvalue weighted by atomic mass is 32.1. The number of benzene rings is 2. The first-order chi connectivity index (χ1) is 12.6. The summed E-state index contributed by atoms with van der Waals surface area (Å²) in [7, 11) is 1.72. The van der Waals surface area contributed by atoms with Crippen LogP contribution in [0, 0.1) is 5.82 Å². The number of nitrogens with one attached hydrogen (secondary N) is 1. The van der Waals surface area contributed by atoms with E-state index < -0.39 is 0 Å². The minimum atomic E-state index is -0.325. The van der Waals surface area contributed by atoms with Crippen molar-refractivity contribution < 1.29 is 9.18 Å². The lowest BCUT2D eigenvalue weighted by molar-refractivity contribution is -0.127. The van der Waals surface area contributed by atoms with Crippen molar-refractivity contribution in [1.82, 2.24) is 14.8 Å². The van der Waals surface area contributed by atoms with Crippen LogP contribution in [0.1, 0.15) is 22.9 Å². The van der Waals surface area contributed by atoms with Gasteiger partial charge in [-0.05, 0) is 41.5 Å². The zero-order chi connectivity index (χ0) is 18.0. The zero-order valence-electron chi connectivity index (χ0n) is 14.1. The number of aromatic nitrogens is 1. The zero-order valence-corrected chi connectivity index (χ0v) is 14.9. The van der Waals surface area contributed by atoms with Crippen molar-refractivity contribution in [2.75, 3.05) is 7.05 Å². The van der Waals surface area contributed by atoms with Crippen LogP contribution in [0.3, 0.4) is 0 Å². The van der Waals surface area contributed by atoms with E-state index in [0.717, 1.165) is 27.7 Å². The standard InChI is InChI=1S/C20H16FN3OS/c1-23-19(25)16-10-14-13-4-2-3-5-15(13)22-17(14)18(24(16)20(23)26)11-6-8-12(21)9-7-11/h2-9,16,18,22H,10H2,1H3/t16-,18-/m1/s1. The summed E-state index contributed by atoms with van der Waals surface area (Å²) >= 11 is 5.57. The first kappa shape index (κ1) is 15.5. The second-order valence-corrected chi connectivity index (χ2v) is 7.19. The molecule has 0 aliphatic carbocycles. The van der Waals surface area contributed by atoms with Crippen molar-refractivity contribution in [2.24, 2.45) is 0 Å². The molecule has 0 bridgehead atoms. The summed E-state index contributed by atoms with van der Waals surface area (Å²) in [5, 5.41) is 1.64. The molecule has 0 unspecified atom stereocenters. The SMILES string of the molecule is CN1C(=O)[C@H]2Cc3c([nH]c4ccccc34)[C@@H](c3ccc(F)cc3)N2C1=S. The quantitative estimate of drug-likeness (QED) is 0.672. The number of hydrogen-bond donors (Lipinski definition) is 1. The number of fused-ring (bicyclic) bond motifs is 4. The molecular weight excluding hydrogens is 349 g/mol. The maximum Gasteiger partial charge on any atom is 0.251 e. The van der Waals surface area contributed by atoms with Crippen LogP contribution >= 0.6 is 12.2 Å². The minimum absolute atomic E-state index is 0.0121. The van der Waals surface area contributed by atoms with Crippen molar-refractivity contribution in [3.8, 4) is 0 Å². The van der Waals surface area contributed by atoms with Gasteiger partial charge in [-0.2, -0.15) is 0 Å². The number of thiocarbonyl (C=S) groups is 1. The second kappa shape index (κ2) is 5.38. The van der Waals surface area contributed by atoms with Gasteiger partial charge in [-0.3, -0.25) is 9.69 Å². The molecule has 2 aromatic carbocycles. The molecule has 6 heteroatoms. The van der Waals surface area contributed by atoms with E-state index in [9.17, 15) is 9.18 Å². The first-order valence-corrected chi connectivity index (χ1v) is 8.92. The van der Waals surface area contributed by atoms with Crippen LogP contribution in [0.15, 0.2) is 48.5 Å². The van der Waals surface area contributed by atoms with Gasteiger partial charge in [0.1, 0.15) is 11.9 Å². The number of rotatable bonds is 1. The van der Waals surface area contributed by atoms with Crippen LogP contribution in [0.5, 0.6) is 0 Å². The number of carbonyl (C=O) groups is 1. The molecule has 1 amide bonds. The molecule has 5 rings (SSSR count). The molecule has 26 heavy (non-hydrogen) atoms. The Bertz CT molecular complexity index is 1060. The Balaban J connectivity index is 1.77. The number of H-pyrrole nitrogens is 1. The maximum atomic E-state index is 13.5. The van der Waals surface area contributed by atoms with Gasteiger partial charge in [0, 0.05) is 30.1 Å². The van der Waals surface area contributed by atoms with Crippen molar-refractivity contribution in [1.29, 1.82) is 0 Å². The first-order valence-electron chi connectivity index (χ1n) is 8.51. The number of aromatic amines is 1. The third kappa shape index (κ3) is 1.99. The number of nitrogens with zero attached hydrogens (tertiary/aromatic N) is 2. The molecule has 3 aromatic rings. The Hall–Kier alpha value is -2.73. The van der Waals surface area contributed by atoms with Crippen molar-refractivity contribution in [3.05, 3.63) is 71.2 Å². The fraction of sp³-hybridized carbons (Fsp3) is 0.200. The van der Waals surface area contributed by atoms with Gasteiger partial charge in [-0.25, -0.2) is 4.39 Å². The molecule has 130 valence electrons. The Morgan fingerprint density at radius 2 is 1.88 bits per heavy atom. The van der Waals surface area contributed by atoms with E-state index in [1.807, 2.05) is 23.1 Å². The molecule has 4 nitrogen and oxygen atoms in total. The number of carbonyl (C=O) groups excluding carboxylic acids is 1. The van der Waals surface area contributed by atoms with E-state index in [-0.39, 0.29) is 23.8 Å². The molecule has 1 N–H and O–H groups in total. The summed E-state index contributed by atoms with van der Waals surface area (Å²) in [5.41, 5.74) is 4.12. The van der Waals surface area contributed by atoms with E-state index in [2.05, 4.69) is 11.1 Å². The molecule has 1 saturated heterocycles. The molecule has 1 fully saturated rings. The van der Waals surface area contributed by atoms with Crippen molar-refractivity contribution in [2.45, 2.75) is 18.5 Å². The lowest BCUT2D eigenvalue weighted by atomic mass is 9.89. The highest BCUT2D eigenvalue weighted by molar-refractivity contribution is 7.80. The average Bonchev–Trinajstić information content (AvgIpc) is 3.13. The fourth-order valence-corrected chi connectivity index (χ4v) is 4.52. The third-order valence-corrected chi connectivity index (χ3v) is 5.93. The van der Waals surface area contributed by atoms with Crippen LogP contribution in [-0.2, 0) is 11.2 Å². The molecular formula is C20H16FN3OS. The number of para-hydroxylation sites is 1. The van der Waals surface area contributed by atoms with E-state index in [1.54, 1.807) is 24.1 Å². The monoisotopic (exact) mass is 365 g/mol. The van der Waals surface area contributed by atoms with Crippen LogP contribution in [-0.4, -0.2) is 38.9 Å².